The van der Waals surface area contributed by atoms with Crippen molar-refractivity contribution >= 4 is 5.91 Å². The molecule has 0 saturated carbocycles. The van der Waals surface area contributed by atoms with Gasteiger partial charge in [-0.1, -0.05) is 6.42 Å². The van der Waals surface area contributed by atoms with Gasteiger partial charge in [-0.15, -0.1) is 0 Å². The molecule has 1 aliphatic rings. The summed E-state index contributed by atoms with van der Waals surface area (Å²) in [6.07, 6.45) is 6.00. The van der Waals surface area contributed by atoms with E-state index in [4.69, 9.17) is 11.5 Å². The van der Waals surface area contributed by atoms with Gasteiger partial charge in [0.1, 0.15) is 0 Å². The third-order valence-corrected chi connectivity index (χ3v) is 3.20. The number of likely N-dealkylation sites (tertiary alicyclic amines) is 1. The molecule has 0 aromatic carbocycles. The number of amides is 1. The van der Waals surface area contributed by atoms with Crippen LogP contribution in [0.4, 0.5) is 0 Å². The molecule has 1 saturated heterocycles. The Balaban J connectivity index is 2.06. The molecule has 1 aliphatic heterocycles. The quantitative estimate of drug-likeness (QED) is 0.661. The average Bonchev–Trinajstić information content (AvgIpc) is 2.15. The SMILES string of the molecule is CC1(N)CCCN(CCCCCC(N)=O)C1. The number of rotatable bonds is 6. The number of hydrogen-bond donors (Lipinski definition) is 2. The third-order valence-electron chi connectivity index (χ3n) is 3.20. The number of unbranched alkanes of at least 4 members (excludes halogenated alkanes) is 2. The van der Waals surface area contributed by atoms with Crippen LogP contribution in [0.3, 0.4) is 0 Å². The van der Waals surface area contributed by atoms with E-state index in [1.165, 1.54) is 13.0 Å². The van der Waals surface area contributed by atoms with E-state index in [1.807, 2.05) is 0 Å². The summed E-state index contributed by atoms with van der Waals surface area (Å²) in [6.45, 7) is 5.41. The van der Waals surface area contributed by atoms with Gasteiger partial charge in [0.25, 0.3) is 0 Å². The number of piperidine rings is 1. The number of carbonyl (C=O) groups is 1. The fourth-order valence-corrected chi connectivity index (χ4v) is 2.38. The van der Waals surface area contributed by atoms with Crippen LogP contribution in [0.15, 0.2) is 0 Å². The Morgan fingerprint density at radius 2 is 2.12 bits per heavy atom. The van der Waals surface area contributed by atoms with Crippen molar-refractivity contribution in [1.29, 1.82) is 0 Å². The minimum absolute atomic E-state index is 0.00846. The maximum Gasteiger partial charge on any atom is 0.217 e. The number of hydrogen-bond acceptors (Lipinski definition) is 3. The lowest BCUT2D eigenvalue weighted by Gasteiger charge is -2.37. The molecule has 1 unspecified atom stereocenters. The van der Waals surface area contributed by atoms with Crippen molar-refractivity contribution in [3.63, 3.8) is 0 Å². The molecule has 94 valence electrons. The van der Waals surface area contributed by atoms with Gasteiger partial charge in [-0.05, 0) is 45.7 Å². The lowest BCUT2D eigenvalue weighted by atomic mass is 9.92. The van der Waals surface area contributed by atoms with Crippen molar-refractivity contribution in [3.05, 3.63) is 0 Å². The first-order valence-electron chi connectivity index (χ1n) is 6.29. The van der Waals surface area contributed by atoms with Crippen LogP contribution in [0, 0.1) is 0 Å². The van der Waals surface area contributed by atoms with Gasteiger partial charge >= 0.3 is 0 Å². The Bertz CT molecular complexity index is 228. The van der Waals surface area contributed by atoms with E-state index in [-0.39, 0.29) is 11.4 Å². The zero-order valence-corrected chi connectivity index (χ0v) is 10.4. The second-order valence-electron chi connectivity index (χ2n) is 5.31. The number of nitrogens with two attached hydrogens (primary N) is 2. The van der Waals surface area contributed by atoms with Crippen LogP contribution >= 0.6 is 0 Å². The Morgan fingerprint density at radius 3 is 2.75 bits per heavy atom. The molecule has 16 heavy (non-hydrogen) atoms. The van der Waals surface area contributed by atoms with E-state index in [9.17, 15) is 4.79 Å². The predicted molar refractivity (Wildman–Crippen MR) is 65.9 cm³/mol. The molecule has 1 amide bonds. The highest BCUT2D eigenvalue weighted by molar-refractivity contribution is 5.73. The van der Waals surface area contributed by atoms with Gasteiger partial charge in [-0.2, -0.15) is 0 Å². The van der Waals surface area contributed by atoms with Crippen molar-refractivity contribution in [2.24, 2.45) is 11.5 Å². The summed E-state index contributed by atoms with van der Waals surface area (Å²) in [4.78, 5) is 13.0. The fourth-order valence-electron chi connectivity index (χ4n) is 2.38. The van der Waals surface area contributed by atoms with Crippen molar-refractivity contribution in [2.45, 2.75) is 51.0 Å². The summed E-state index contributed by atoms with van der Waals surface area (Å²) < 4.78 is 0. The highest BCUT2D eigenvalue weighted by Gasteiger charge is 2.26. The standard InChI is InChI=1S/C12H25N3O/c1-12(14)7-5-9-15(10-12)8-4-2-3-6-11(13)16/h2-10,14H2,1H3,(H2,13,16). The van der Waals surface area contributed by atoms with Crippen LogP contribution in [-0.2, 0) is 4.79 Å². The fraction of sp³-hybridized carbons (Fsp3) is 0.917. The molecule has 0 bridgehead atoms. The molecule has 1 heterocycles. The predicted octanol–water partition coefficient (Wildman–Crippen LogP) is 0.845. The van der Waals surface area contributed by atoms with Crippen molar-refractivity contribution in [3.8, 4) is 0 Å². The zero-order valence-electron chi connectivity index (χ0n) is 10.4. The second-order valence-corrected chi connectivity index (χ2v) is 5.31. The lowest BCUT2D eigenvalue weighted by molar-refractivity contribution is -0.118. The summed E-state index contributed by atoms with van der Waals surface area (Å²) in [5.74, 6) is -0.187. The van der Waals surface area contributed by atoms with E-state index >= 15 is 0 Å². The number of nitrogens with zero attached hydrogens (tertiary/aromatic N) is 1. The monoisotopic (exact) mass is 227 g/mol. The van der Waals surface area contributed by atoms with Gasteiger partial charge in [-0.3, -0.25) is 4.79 Å². The van der Waals surface area contributed by atoms with Crippen LogP contribution < -0.4 is 11.5 Å². The largest absolute Gasteiger partial charge is 0.370 e. The smallest absolute Gasteiger partial charge is 0.217 e. The van der Waals surface area contributed by atoms with E-state index in [1.54, 1.807) is 0 Å². The van der Waals surface area contributed by atoms with Crippen LogP contribution in [0.1, 0.15) is 45.4 Å². The molecule has 0 radical (unpaired) electrons. The topological polar surface area (TPSA) is 72.3 Å². The van der Waals surface area contributed by atoms with E-state index < -0.39 is 0 Å². The molecule has 0 aliphatic carbocycles. The number of primary amides is 1. The van der Waals surface area contributed by atoms with Crippen LogP contribution in [0.2, 0.25) is 0 Å². The molecule has 1 atom stereocenters. The maximum absolute atomic E-state index is 10.5. The molecule has 1 rings (SSSR count). The highest BCUT2D eigenvalue weighted by Crippen LogP contribution is 2.18. The summed E-state index contributed by atoms with van der Waals surface area (Å²) >= 11 is 0. The molecule has 4 N–H and O–H groups in total. The van der Waals surface area contributed by atoms with Crippen molar-refractivity contribution in [2.75, 3.05) is 19.6 Å². The summed E-state index contributed by atoms with van der Waals surface area (Å²) in [5, 5.41) is 0. The molecular formula is C12H25N3O. The van der Waals surface area contributed by atoms with Gasteiger partial charge in [0.15, 0.2) is 0 Å². The molecular weight excluding hydrogens is 202 g/mol. The minimum Gasteiger partial charge on any atom is -0.370 e. The highest BCUT2D eigenvalue weighted by atomic mass is 16.1. The molecule has 1 fully saturated rings. The maximum atomic E-state index is 10.5. The molecule has 4 nitrogen and oxygen atoms in total. The molecule has 0 aromatic rings. The molecule has 4 heteroatoms. The van der Waals surface area contributed by atoms with E-state index in [0.29, 0.717) is 6.42 Å². The van der Waals surface area contributed by atoms with E-state index in [2.05, 4.69) is 11.8 Å². The van der Waals surface area contributed by atoms with Crippen LogP contribution in [0.5, 0.6) is 0 Å². The van der Waals surface area contributed by atoms with Gasteiger partial charge in [0.05, 0.1) is 0 Å². The van der Waals surface area contributed by atoms with Gasteiger partial charge in [0.2, 0.25) is 5.91 Å². The van der Waals surface area contributed by atoms with Gasteiger partial charge in [-0.25, -0.2) is 0 Å². The first-order valence-corrected chi connectivity index (χ1v) is 6.29. The Labute approximate surface area is 98.3 Å². The van der Waals surface area contributed by atoms with Crippen LogP contribution in [0.25, 0.3) is 0 Å². The summed E-state index contributed by atoms with van der Waals surface area (Å²) in [6, 6.07) is 0. The zero-order chi connectivity index (χ0) is 12.0. The first kappa shape index (κ1) is 13.5. The normalized spacial score (nSPS) is 26.9. The Morgan fingerprint density at radius 1 is 1.38 bits per heavy atom. The molecule has 0 aromatic heterocycles. The Kier molecular flexibility index (Phi) is 5.22. The summed E-state index contributed by atoms with van der Waals surface area (Å²) in [7, 11) is 0. The second kappa shape index (κ2) is 6.21. The average molecular weight is 227 g/mol. The third kappa shape index (κ3) is 5.47. The van der Waals surface area contributed by atoms with Gasteiger partial charge < -0.3 is 16.4 Å². The lowest BCUT2D eigenvalue weighted by Crippen LogP contribution is -2.52. The number of carbonyl (C=O) groups excluding carboxylic acids is 1. The molecule has 0 spiro atoms. The van der Waals surface area contributed by atoms with Crippen LogP contribution in [-0.4, -0.2) is 36.0 Å². The van der Waals surface area contributed by atoms with Gasteiger partial charge in [0, 0.05) is 18.5 Å². The first-order chi connectivity index (χ1) is 7.49. The summed E-state index contributed by atoms with van der Waals surface area (Å²) in [5.41, 5.74) is 11.2. The van der Waals surface area contributed by atoms with E-state index in [0.717, 1.165) is 38.8 Å². The van der Waals surface area contributed by atoms with Crippen molar-refractivity contribution < 1.29 is 4.79 Å². The minimum atomic E-state index is -0.187. The van der Waals surface area contributed by atoms with Crippen molar-refractivity contribution in [1.82, 2.24) is 4.90 Å². The Hall–Kier alpha value is -0.610.